The molecule has 34 heavy (non-hydrogen) atoms. The molecular weight excluding hydrogens is 468 g/mol. The van der Waals surface area contributed by atoms with E-state index in [9.17, 15) is 32.9 Å². The van der Waals surface area contributed by atoms with Gasteiger partial charge < -0.3 is 9.64 Å². The van der Waals surface area contributed by atoms with Crippen molar-refractivity contribution in [1.29, 1.82) is 0 Å². The molecule has 0 unspecified atom stereocenters. The van der Waals surface area contributed by atoms with Crippen LogP contribution >= 0.6 is 0 Å². The highest BCUT2D eigenvalue weighted by atomic mass is 32.2. The summed E-state index contributed by atoms with van der Waals surface area (Å²) < 4.78 is 32.5. The fraction of sp³-hybridized carbons (Fsp3) is 0.381. The fourth-order valence-corrected chi connectivity index (χ4v) is 5.05. The van der Waals surface area contributed by atoms with Crippen molar-refractivity contribution in [2.24, 2.45) is 0 Å². The molecule has 13 heteroatoms. The molecule has 3 rings (SSSR count). The molecular formula is C21H24N4O8S. The number of rotatable bonds is 6. The van der Waals surface area contributed by atoms with E-state index in [0.717, 1.165) is 35.1 Å². The van der Waals surface area contributed by atoms with E-state index in [2.05, 4.69) is 4.74 Å². The van der Waals surface area contributed by atoms with E-state index in [1.807, 2.05) is 13.8 Å². The fourth-order valence-electron chi connectivity index (χ4n) is 3.54. The number of nitro groups is 1. The van der Waals surface area contributed by atoms with Gasteiger partial charge in [0.15, 0.2) is 0 Å². The van der Waals surface area contributed by atoms with Gasteiger partial charge in [-0.2, -0.15) is 4.31 Å². The van der Waals surface area contributed by atoms with E-state index in [0.29, 0.717) is 0 Å². The highest BCUT2D eigenvalue weighted by Crippen LogP contribution is 2.20. The molecule has 1 fully saturated rings. The van der Waals surface area contributed by atoms with Gasteiger partial charge in [0.2, 0.25) is 15.9 Å². The van der Waals surface area contributed by atoms with Crippen LogP contribution in [0.2, 0.25) is 0 Å². The molecule has 0 aliphatic carbocycles. The van der Waals surface area contributed by atoms with Crippen LogP contribution in [-0.2, 0) is 26.1 Å². The van der Waals surface area contributed by atoms with Crippen LogP contribution in [0.15, 0.2) is 40.2 Å². The Morgan fingerprint density at radius 1 is 1.09 bits per heavy atom. The maximum absolute atomic E-state index is 13.0. The lowest BCUT2D eigenvalue weighted by Gasteiger charge is -2.34. The second kappa shape index (κ2) is 9.73. The number of carbonyl (C=O) groups is 2. The Kier molecular flexibility index (Phi) is 7.17. The molecule has 0 radical (unpaired) electrons. The Balaban J connectivity index is 1.74. The summed E-state index contributed by atoms with van der Waals surface area (Å²) in [6, 6.07) is 5.69. The third kappa shape index (κ3) is 4.99. The Labute approximate surface area is 195 Å². The van der Waals surface area contributed by atoms with Crippen molar-refractivity contribution in [3.8, 4) is 0 Å². The van der Waals surface area contributed by atoms with Gasteiger partial charge in [-0.3, -0.25) is 24.3 Å². The number of aryl methyl sites for hydroxylation is 2. The minimum atomic E-state index is -3.74. The summed E-state index contributed by atoms with van der Waals surface area (Å²) in [5.74, 6) is -1.43. The lowest BCUT2D eigenvalue weighted by Crippen LogP contribution is -2.51. The first-order chi connectivity index (χ1) is 15.9. The number of sulfonamides is 1. The zero-order valence-corrected chi connectivity index (χ0v) is 19.7. The number of aromatic nitrogens is 1. The largest absolute Gasteiger partial charge is 0.465 e. The van der Waals surface area contributed by atoms with Gasteiger partial charge in [-0.05, 0) is 37.1 Å². The first kappa shape index (κ1) is 25.1. The average Bonchev–Trinajstić information content (AvgIpc) is 2.81. The van der Waals surface area contributed by atoms with E-state index in [-0.39, 0.29) is 36.6 Å². The minimum Gasteiger partial charge on any atom is -0.465 e. The van der Waals surface area contributed by atoms with Gasteiger partial charge in [-0.15, -0.1) is 0 Å². The number of benzene rings is 1. The average molecular weight is 493 g/mol. The van der Waals surface area contributed by atoms with Crippen molar-refractivity contribution in [2.45, 2.75) is 25.3 Å². The molecule has 1 aromatic heterocycles. The number of methoxy groups -OCH3 is 1. The summed E-state index contributed by atoms with van der Waals surface area (Å²) in [7, 11) is -2.65. The maximum Gasteiger partial charge on any atom is 0.339 e. The molecule has 0 bridgehead atoms. The molecule has 0 spiro atoms. The topological polar surface area (TPSA) is 149 Å². The standard InChI is InChI=1S/C21H24N4O8S/c1-14-4-5-17(10-15(14)2)34(31,32)24-8-6-22(7-9-24)19(26)13-23-12-16(21(28)33-3)11-18(20(23)27)25(29)30/h4-5,10-12H,6-9,13H2,1-3H3. The number of piperazine rings is 1. The van der Waals surface area contributed by atoms with Gasteiger partial charge in [0, 0.05) is 38.4 Å². The van der Waals surface area contributed by atoms with Crippen molar-refractivity contribution in [3.63, 3.8) is 0 Å². The van der Waals surface area contributed by atoms with E-state index in [4.69, 9.17) is 0 Å². The molecule has 0 saturated carbocycles. The van der Waals surface area contributed by atoms with Crippen LogP contribution in [0, 0.1) is 24.0 Å². The smallest absolute Gasteiger partial charge is 0.339 e. The molecule has 12 nitrogen and oxygen atoms in total. The van der Waals surface area contributed by atoms with Crippen molar-refractivity contribution < 1.29 is 27.7 Å². The molecule has 1 aliphatic rings. The molecule has 1 aromatic carbocycles. The summed E-state index contributed by atoms with van der Waals surface area (Å²) in [6.45, 7) is 3.43. The Hall–Kier alpha value is -3.58. The summed E-state index contributed by atoms with van der Waals surface area (Å²) >= 11 is 0. The lowest BCUT2D eigenvalue weighted by atomic mass is 10.1. The van der Waals surface area contributed by atoms with Crippen LogP contribution in [0.1, 0.15) is 21.5 Å². The third-order valence-electron chi connectivity index (χ3n) is 5.70. The number of nitrogens with zero attached hydrogens (tertiary/aromatic N) is 4. The predicted molar refractivity (Wildman–Crippen MR) is 120 cm³/mol. The van der Waals surface area contributed by atoms with Crippen molar-refractivity contribution >= 4 is 27.6 Å². The van der Waals surface area contributed by atoms with Crippen LogP contribution in [-0.4, -0.2) is 72.3 Å². The lowest BCUT2D eigenvalue weighted by molar-refractivity contribution is -0.386. The van der Waals surface area contributed by atoms with Crippen LogP contribution in [0.25, 0.3) is 0 Å². The number of ether oxygens (including phenoxy) is 1. The van der Waals surface area contributed by atoms with Crippen molar-refractivity contribution in [1.82, 2.24) is 13.8 Å². The van der Waals surface area contributed by atoms with Gasteiger partial charge in [0.1, 0.15) is 6.54 Å². The second-order valence-electron chi connectivity index (χ2n) is 7.83. The first-order valence-corrected chi connectivity index (χ1v) is 11.7. The van der Waals surface area contributed by atoms with E-state index in [1.165, 1.54) is 9.21 Å². The quantitative estimate of drug-likeness (QED) is 0.325. The number of pyridine rings is 1. The Morgan fingerprint density at radius 3 is 2.29 bits per heavy atom. The summed E-state index contributed by atoms with van der Waals surface area (Å²) in [6.07, 6.45) is 1.03. The predicted octanol–water partition coefficient (Wildman–Crippen LogP) is 0.693. The van der Waals surface area contributed by atoms with E-state index >= 15 is 0 Å². The first-order valence-electron chi connectivity index (χ1n) is 10.3. The van der Waals surface area contributed by atoms with E-state index in [1.54, 1.807) is 18.2 Å². The van der Waals surface area contributed by atoms with Crippen LogP contribution in [0.3, 0.4) is 0 Å². The zero-order chi connectivity index (χ0) is 25.2. The molecule has 1 amide bonds. The monoisotopic (exact) mass is 492 g/mol. The zero-order valence-electron chi connectivity index (χ0n) is 18.9. The minimum absolute atomic E-state index is 0.0538. The number of carbonyl (C=O) groups excluding carboxylic acids is 2. The maximum atomic E-state index is 13.0. The molecule has 182 valence electrons. The summed E-state index contributed by atoms with van der Waals surface area (Å²) in [5, 5.41) is 11.2. The van der Waals surface area contributed by atoms with Crippen LogP contribution < -0.4 is 5.56 Å². The molecule has 0 N–H and O–H groups in total. The Morgan fingerprint density at radius 2 is 1.74 bits per heavy atom. The number of amides is 1. The SMILES string of the molecule is COC(=O)c1cc([N+](=O)[O-])c(=O)n(CC(=O)N2CCN(S(=O)(=O)c3ccc(C)c(C)c3)CC2)c1. The molecule has 2 aromatic rings. The number of hydrogen-bond donors (Lipinski definition) is 0. The van der Waals surface area contributed by atoms with E-state index < -0.39 is 44.6 Å². The van der Waals surface area contributed by atoms with Crippen LogP contribution in [0.4, 0.5) is 5.69 Å². The number of hydrogen-bond acceptors (Lipinski definition) is 8. The van der Waals surface area contributed by atoms with Crippen LogP contribution in [0.5, 0.6) is 0 Å². The molecule has 1 aliphatic heterocycles. The molecule has 2 heterocycles. The molecule has 1 saturated heterocycles. The summed E-state index contributed by atoms with van der Waals surface area (Å²) in [5.41, 5.74) is -0.322. The molecule has 0 atom stereocenters. The highest BCUT2D eigenvalue weighted by molar-refractivity contribution is 7.89. The van der Waals surface area contributed by atoms with Crippen molar-refractivity contribution in [2.75, 3.05) is 33.3 Å². The normalized spacial score (nSPS) is 14.6. The Bertz CT molecular complexity index is 1310. The number of esters is 1. The highest BCUT2D eigenvalue weighted by Gasteiger charge is 2.31. The van der Waals surface area contributed by atoms with Crippen molar-refractivity contribution in [3.05, 3.63) is 67.6 Å². The third-order valence-corrected chi connectivity index (χ3v) is 7.59. The van der Waals surface area contributed by atoms with Gasteiger partial charge in [0.25, 0.3) is 0 Å². The van der Waals surface area contributed by atoms with Gasteiger partial charge in [0.05, 0.1) is 22.5 Å². The van der Waals surface area contributed by atoms with Gasteiger partial charge in [-0.1, -0.05) is 6.07 Å². The summed E-state index contributed by atoms with van der Waals surface area (Å²) in [4.78, 5) is 48.8. The van der Waals surface area contributed by atoms with Gasteiger partial charge >= 0.3 is 17.2 Å². The second-order valence-corrected chi connectivity index (χ2v) is 9.76. The van der Waals surface area contributed by atoms with Gasteiger partial charge in [-0.25, -0.2) is 13.2 Å².